The molecule has 0 heterocycles. The number of amides is 2. The van der Waals surface area contributed by atoms with Gasteiger partial charge in [-0.25, -0.2) is 0 Å². The van der Waals surface area contributed by atoms with Crippen molar-refractivity contribution in [1.82, 2.24) is 10.2 Å². The van der Waals surface area contributed by atoms with Gasteiger partial charge in [0.05, 0.1) is 14.5 Å². The largest absolute Gasteiger partial charge is 0.483 e. The van der Waals surface area contributed by atoms with Crippen molar-refractivity contribution in [1.29, 1.82) is 0 Å². The maximum Gasteiger partial charge on any atom is 0.261 e. The molecular weight excluding hydrogens is 611 g/mol. The average Bonchev–Trinajstić information content (AvgIpc) is 2.91. The van der Waals surface area contributed by atoms with E-state index in [-0.39, 0.29) is 36.4 Å². The highest BCUT2D eigenvalue weighted by Gasteiger charge is 2.31. The first-order valence-corrected chi connectivity index (χ1v) is 14.9. The highest BCUT2D eigenvalue weighted by Crippen LogP contribution is 2.32. The minimum Gasteiger partial charge on any atom is -0.483 e. The Morgan fingerprint density at radius 1 is 0.975 bits per heavy atom. The Bertz CT molecular complexity index is 1310. The third kappa shape index (κ3) is 8.98. The lowest BCUT2D eigenvalue weighted by Crippen LogP contribution is -2.53. The topological polar surface area (TPSA) is 58.6 Å². The second kappa shape index (κ2) is 14.4. The van der Waals surface area contributed by atoms with Gasteiger partial charge in [-0.15, -0.1) is 0 Å². The molecule has 0 aliphatic carbocycles. The van der Waals surface area contributed by atoms with Crippen molar-refractivity contribution in [2.75, 3.05) is 6.61 Å². The van der Waals surface area contributed by atoms with Gasteiger partial charge < -0.3 is 15.0 Å². The van der Waals surface area contributed by atoms with Gasteiger partial charge in [-0.2, -0.15) is 0 Å². The molecule has 40 heavy (non-hydrogen) atoms. The van der Waals surface area contributed by atoms with Crippen molar-refractivity contribution in [3.8, 4) is 5.75 Å². The van der Waals surface area contributed by atoms with E-state index in [0.29, 0.717) is 22.2 Å². The monoisotopic (exact) mass is 646 g/mol. The van der Waals surface area contributed by atoms with Crippen molar-refractivity contribution >= 4 is 50.9 Å². The molecule has 8 heteroatoms. The zero-order valence-corrected chi connectivity index (χ0v) is 26.7. The van der Waals surface area contributed by atoms with Crippen LogP contribution in [-0.2, 0) is 28.0 Å². The maximum absolute atomic E-state index is 13.8. The molecule has 0 radical (unpaired) electrons. The average molecular weight is 648 g/mol. The van der Waals surface area contributed by atoms with E-state index in [2.05, 4.69) is 42.0 Å². The van der Waals surface area contributed by atoms with Crippen LogP contribution in [0.1, 0.15) is 57.7 Å². The first-order valence-electron chi connectivity index (χ1n) is 13.4. The van der Waals surface area contributed by atoms with Crippen molar-refractivity contribution < 1.29 is 14.3 Å². The van der Waals surface area contributed by atoms with E-state index >= 15 is 0 Å². The van der Waals surface area contributed by atoms with E-state index in [1.807, 2.05) is 68.4 Å². The number of benzene rings is 3. The number of hydrogen-bond acceptors (Lipinski definition) is 3. The van der Waals surface area contributed by atoms with Crippen molar-refractivity contribution in [2.24, 2.45) is 0 Å². The lowest BCUT2D eigenvalue weighted by atomic mass is 9.87. The lowest BCUT2D eigenvalue weighted by molar-refractivity contribution is -0.143. The number of nitrogens with zero attached hydrogens (tertiary/aromatic N) is 1. The van der Waals surface area contributed by atoms with E-state index in [4.69, 9.17) is 27.9 Å². The van der Waals surface area contributed by atoms with Gasteiger partial charge in [0.1, 0.15) is 11.8 Å². The first kappa shape index (κ1) is 32.0. The number of carbonyl (C=O) groups is 2. The van der Waals surface area contributed by atoms with Gasteiger partial charge in [-0.05, 0) is 75.6 Å². The first-order chi connectivity index (χ1) is 18.9. The molecule has 214 valence electrons. The third-order valence-electron chi connectivity index (χ3n) is 6.76. The van der Waals surface area contributed by atoms with Crippen LogP contribution in [0.5, 0.6) is 5.75 Å². The van der Waals surface area contributed by atoms with Gasteiger partial charge in [0.2, 0.25) is 5.91 Å². The predicted octanol–water partition coefficient (Wildman–Crippen LogP) is 7.99. The molecule has 0 aliphatic rings. The molecule has 0 spiro atoms. The number of carbonyl (C=O) groups excluding carboxylic acids is 2. The molecule has 3 aromatic carbocycles. The Morgan fingerprint density at radius 2 is 1.68 bits per heavy atom. The van der Waals surface area contributed by atoms with Gasteiger partial charge in [0, 0.05) is 19.0 Å². The summed E-state index contributed by atoms with van der Waals surface area (Å²) in [6, 6.07) is 19.9. The molecule has 0 saturated carbocycles. The molecule has 0 bridgehead atoms. The highest BCUT2D eigenvalue weighted by molar-refractivity contribution is 9.10. The lowest BCUT2D eigenvalue weighted by Gasteiger charge is -2.32. The number of rotatable bonds is 11. The van der Waals surface area contributed by atoms with Crippen molar-refractivity contribution in [3.63, 3.8) is 0 Å². The van der Waals surface area contributed by atoms with Gasteiger partial charge in [0.15, 0.2) is 6.61 Å². The van der Waals surface area contributed by atoms with Crippen LogP contribution in [0.25, 0.3) is 0 Å². The summed E-state index contributed by atoms with van der Waals surface area (Å²) in [4.78, 5) is 29.1. The van der Waals surface area contributed by atoms with Crippen LogP contribution in [0.4, 0.5) is 0 Å². The Hall–Kier alpha value is -2.54. The molecule has 0 fully saturated rings. The fourth-order valence-corrected chi connectivity index (χ4v) is 4.95. The van der Waals surface area contributed by atoms with Crippen LogP contribution in [0.15, 0.2) is 71.2 Å². The molecule has 1 N–H and O–H groups in total. The Kier molecular flexibility index (Phi) is 11.5. The Morgan fingerprint density at radius 3 is 2.27 bits per heavy atom. The van der Waals surface area contributed by atoms with Crippen LogP contribution >= 0.6 is 39.1 Å². The zero-order chi connectivity index (χ0) is 29.4. The Labute approximate surface area is 256 Å². The number of ether oxygens (including phenoxy) is 1. The summed E-state index contributed by atoms with van der Waals surface area (Å²) in [5.41, 5.74) is 2.82. The van der Waals surface area contributed by atoms with Crippen LogP contribution < -0.4 is 10.1 Å². The molecule has 0 aliphatic heterocycles. The summed E-state index contributed by atoms with van der Waals surface area (Å²) in [6.45, 7) is 10.3. The minimum atomic E-state index is -0.770. The van der Waals surface area contributed by atoms with E-state index < -0.39 is 6.04 Å². The fraction of sp³-hybridized carbons (Fsp3) is 0.375. The summed E-state index contributed by atoms with van der Waals surface area (Å²) in [6.07, 6.45) is 1.12. The normalized spacial score (nSPS) is 12.9. The number of halogens is 3. The van der Waals surface area contributed by atoms with Gasteiger partial charge in [0.25, 0.3) is 5.91 Å². The highest BCUT2D eigenvalue weighted by atomic mass is 79.9. The molecule has 0 saturated heterocycles. The summed E-state index contributed by atoms with van der Waals surface area (Å²) in [5.74, 6) is 0.0138. The third-order valence-corrected chi connectivity index (χ3v) is 8.12. The molecule has 0 aromatic heterocycles. The standard InChI is InChI=1S/C32H37BrCl2N2O3/c1-6-21(2)36-31(39)28(17-22-10-8-7-9-11-22)37(19-23-12-14-26(34)27(35)16-23)30(38)20-40-29-15-13-24(18-25(29)33)32(3,4)5/h7-16,18,21,28H,6,17,19-20H2,1-5H3,(H,36,39)/t21-,28-/m0/s1. The van der Waals surface area contributed by atoms with Gasteiger partial charge >= 0.3 is 0 Å². The van der Waals surface area contributed by atoms with Gasteiger partial charge in [-0.3, -0.25) is 9.59 Å². The van der Waals surface area contributed by atoms with E-state index in [9.17, 15) is 9.59 Å². The molecule has 5 nitrogen and oxygen atoms in total. The molecule has 0 unspecified atom stereocenters. The fourth-order valence-electron chi connectivity index (χ4n) is 4.14. The van der Waals surface area contributed by atoms with E-state index in [1.54, 1.807) is 17.0 Å². The molecule has 3 rings (SSSR count). The van der Waals surface area contributed by atoms with Gasteiger partial charge in [-0.1, -0.05) is 93.4 Å². The second-order valence-corrected chi connectivity index (χ2v) is 12.6. The molecular formula is C32H37BrCl2N2O3. The summed E-state index contributed by atoms with van der Waals surface area (Å²) >= 11 is 16.0. The molecule has 2 atom stereocenters. The summed E-state index contributed by atoms with van der Waals surface area (Å²) in [5, 5.41) is 3.87. The van der Waals surface area contributed by atoms with Crippen LogP contribution in [-0.4, -0.2) is 35.4 Å². The Balaban J connectivity index is 1.94. The van der Waals surface area contributed by atoms with Crippen LogP contribution in [0.3, 0.4) is 0 Å². The van der Waals surface area contributed by atoms with Crippen molar-refractivity contribution in [2.45, 2.75) is 71.5 Å². The van der Waals surface area contributed by atoms with Crippen LogP contribution in [0.2, 0.25) is 10.0 Å². The minimum absolute atomic E-state index is 0.0266. The summed E-state index contributed by atoms with van der Waals surface area (Å²) < 4.78 is 6.76. The zero-order valence-electron chi connectivity index (χ0n) is 23.6. The SMILES string of the molecule is CC[C@H](C)NC(=O)[C@H](Cc1ccccc1)N(Cc1ccc(Cl)c(Cl)c1)C(=O)COc1ccc(C(C)(C)C)cc1Br. The van der Waals surface area contributed by atoms with Crippen LogP contribution in [0, 0.1) is 0 Å². The summed E-state index contributed by atoms with van der Waals surface area (Å²) in [7, 11) is 0. The molecule has 3 aromatic rings. The maximum atomic E-state index is 13.8. The predicted molar refractivity (Wildman–Crippen MR) is 167 cm³/mol. The molecule has 2 amide bonds. The quantitative estimate of drug-likeness (QED) is 0.230. The van der Waals surface area contributed by atoms with E-state index in [1.165, 1.54) is 0 Å². The van der Waals surface area contributed by atoms with Crippen molar-refractivity contribution in [3.05, 3.63) is 97.9 Å². The number of hydrogen-bond donors (Lipinski definition) is 1. The number of nitrogens with one attached hydrogen (secondary N) is 1. The second-order valence-electron chi connectivity index (χ2n) is 11.0. The van der Waals surface area contributed by atoms with E-state index in [0.717, 1.165) is 27.6 Å². The smallest absolute Gasteiger partial charge is 0.261 e.